The van der Waals surface area contributed by atoms with Gasteiger partial charge in [-0.05, 0) is 36.1 Å². The Kier molecular flexibility index (Phi) is 10.3. The minimum Gasteiger partial charge on any atom is -0.494 e. The monoisotopic (exact) mass is 565 g/mol. The highest BCUT2D eigenvalue weighted by Gasteiger charge is 2.26. The number of rotatable bonds is 10. The highest BCUT2D eigenvalue weighted by molar-refractivity contribution is 7.22. The van der Waals surface area contributed by atoms with Gasteiger partial charge in [0, 0.05) is 38.5 Å². The van der Waals surface area contributed by atoms with E-state index in [4.69, 9.17) is 14.5 Å². The molecule has 0 spiro atoms. The first-order chi connectivity index (χ1) is 18.6. The number of carbonyl (C=O) groups is 1. The Bertz CT molecular complexity index is 1300. The summed E-state index contributed by atoms with van der Waals surface area (Å²) in [5, 5.41) is 0.736. The molecule has 3 aromatic carbocycles. The lowest BCUT2D eigenvalue weighted by atomic mass is 9.88. The van der Waals surface area contributed by atoms with Gasteiger partial charge in [-0.25, -0.2) is 4.98 Å². The molecule has 6 nitrogen and oxygen atoms in total. The van der Waals surface area contributed by atoms with Crippen molar-refractivity contribution in [3.05, 3.63) is 89.5 Å². The van der Waals surface area contributed by atoms with E-state index in [9.17, 15) is 4.79 Å². The normalized spacial score (nSPS) is 13.8. The van der Waals surface area contributed by atoms with Crippen molar-refractivity contribution in [1.29, 1.82) is 0 Å². The molecule has 8 heteroatoms. The van der Waals surface area contributed by atoms with Gasteiger partial charge < -0.3 is 9.47 Å². The van der Waals surface area contributed by atoms with Crippen LogP contribution in [-0.2, 0) is 9.53 Å². The Labute approximate surface area is 241 Å². The van der Waals surface area contributed by atoms with Gasteiger partial charge in [0.15, 0.2) is 5.13 Å². The van der Waals surface area contributed by atoms with Gasteiger partial charge in [-0.3, -0.25) is 14.6 Å². The lowest BCUT2D eigenvalue weighted by molar-refractivity contribution is -0.118. The molecular weight excluding hydrogens is 530 g/mol. The SMILES string of the molecule is COc1ccc(C)c2sc(N(CCCN3CCOCC3)C(=O)CC(c3ccccc3)c3ccccc3)nc12.Cl. The molecule has 39 heavy (non-hydrogen) atoms. The van der Waals surface area contributed by atoms with E-state index >= 15 is 0 Å². The van der Waals surface area contributed by atoms with Gasteiger partial charge in [-0.1, -0.05) is 78.1 Å². The molecule has 5 rings (SSSR count). The standard InChI is InChI=1S/C31H35N3O3S.ClH/c1-23-14-15-27(36-2)29-30(23)38-31(32-29)34(17-9-16-33-18-20-37-21-19-33)28(35)22-26(24-10-5-3-6-11-24)25-12-7-4-8-13-25;/h3-8,10-15,26H,9,16-22H2,1-2H3;1H. The van der Waals surface area contributed by atoms with Gasteiger partial charge >= 0.3 is 0 Å². The number of hydrogen-bond donors (Lipinski definition) is 0. The fourth-order valence-electron chi connectivity index (χ4n) is 5.07. The molecule has 1 aliphatic rings. The number of thiazole rings is 1. The van der Waals surface area contributed by atoms with Gasteiger partial charge in [0.1, 0.15) is 11.3 Å². The predicted octanol–water partition coefficient (Wildman–Crippen LogP) is 6.31. The second kappa shape index (κ2) is 13.9. The van der Waals surface area contributed by atoms with E-state index in [2.05, 4.69) is 42.2 Å². The third kappa shape index (κ3) is 6.97. The molecule has 1 aliphatic heterocycles. The summed E-state index contributed by atoms with van der Waals surface area (Å²) in [6, 6.07) is 24.6. The van der Waals surface area contributed by atoms with Crippen LogP contribution in [0.2, 0.25) is 0 Å². The number of aryl methyl sites for hydroxylation is 1. The molecule has 1 amide bonds. The lowest BCUT2D eigenvalue weighted by Gasteiger charge is -2.28. The van der Waals surface area contributed by atoms with E-state index < -0.39 is 0 Å². The molecule has 1 fully saturated rings. The van der Waals surface area contributed by atoms with Crippen LogP contribution in [0, 0.1) is 6.92 Å². The number of amides is 1. The predicted molar refractivity (Wildman–Crippen MR) is 162 cm³/mol. The summed E-state index contributed by atoms with van der Waals surface area (Å²) in [7, 11) is 1.67. The number of morpholine rings is 1. The van der Waals surface area contributed by atoms with Gasteiger partial charge in [0.2, 0.25) is 5.91 Å². The van der Waals surface area contributed by atoms with E-state index in [-0.39, 0.29) is 24.2 Å². The molecule has 0 atom stereocenters. The van der Waals surface area contributed by atoms with E-state index in [0.29, 0.717) is 13.0 Å². The van der Waals surface area contributed by atoms with Crippen LogP contribution in [0.5, 0.6) is 5.75 Å². The molecule has 206 valence electrons. The van der Waals surface area contributed by atoms with Crippen molar-refractivity contribution in [2.45, 2.75) is 25.7 Å². The molecule has 0 unspecified atom stereocenters. The smallest absolute Gasteiger partial charge is 0.229 e. The number of anilines is 1. The van der Waals surface area contributed by atoms with Crippen LogP contribution in [0.25, 0.3) is 10.2 Å². The number of ether oxygens (including phenoxy) is 2. The largest absolute Gasteiger partial charge is 0.494 e. The first-order valence-corrected chi connectivity index (χ1v) is 14.1. The van der Waals surface area contributed by atoms with Crippen LogP contribution in [0.1, 0.15) is 35.4 Å². The van der Waals surface area contributed by atoms with Gasteiger partial charge in [0.25, 0.3) is 0 Å². The second-order valence-electron chi connectivity index (χ2n) is 9.69. The highest BCUT2D eigenvalue weighted by atomic mass is 35.5. The molecule has 4 aromatic rings. The Hall–Kier alpha value is -2.97. The Balaban J connectivity index is 0.00000353. The van der Waals surface area contributed by atoms with Crippen molar-refractivity contribution >= 4 is 45.0 Å². The summed E-state index contributed by atoms with van der Waals surface area (Å²) in [4.78, 5) is 23.4. The number of aromatic nitrogens is 1. The van der Waals surface area contributed by atoms with Crippen molar-refractivity contribution in [2.24, 2.45) is 0 Å². The van der Waals surface area contributed by atoms with Crippen LogP contribution in [0.15, 0.2) is 72.8 Å². The third-order valence-corrected chi connectivity index (χ3v) is 8.40. The third-order valence-electron chi connectivity index (χ3n) is 7.19. The average Bonchev–Trinajstić information content (AvgIpc) is 3.42. The number of halogens is 1. The van der Waals surface area contributed by atoms with Gasteiger partial charge in [0.05, 0.1) is 25.0 Å². The molecule has 0 N–H and O–H groups in total. The molecular formula is C31H36ClN3O3S. The number of benzene rings is 3. The highest BCUT2D eigenvalue weighted by Crippen LogP contribution is 2.37. The first kappa shape index (κ1) is 29.0. The minimum atomic E-state index is -0.0303. The van der Waals surface area contributed by atoms with Crippen LogP contribution in [0.4, 0.5) is 5.13 Å². The second-order valence-corrected chi connectivity index (χ2v) is 10.7. The molecule has 1 aromatic heterocycles. The van der Waals surface area contributed by atoms with E-state index in [1.807, 2.05) is 47.4 Å². The van der Waals surface area contributed by atoms with Crippen LogP contribution >= 0.6 is 23.7 Å². The number of fused-ring (bicyclic) bond motifs is 1. The Morgan fingerprint density at radius 1 is 1.03 bits per heavy atom. The quantitative estimate of drug-likeness (QED) is 0.225. The molecule has 0 saturated carbocycles. The summed E-state index contributed by atoms with van der Waals surface area (Å²) < 4.78 is 12.2. The molecule has 1 saturated heterocycles. The lowest BCUT2D eigenvalue weighted by Crippen LogP contribution is -2.39. The maximum absolute atomic E-state index is 14.1. The maximum atomic E-state index is 14.1. The zero-order valence-electron chi connectivity index (χ0n) is 22.5. The van der Waals surface area contributed by atoms with Gasteiger partial charge in [-0.15, -0.1) is 12.4 Å². The van der Waals surface area contributed by atoms with E-state index in [1.54, 1.807) is 18.4 Å². The summed E-state index contributed by atoms with van der Waals surface area (Å²) in [6.45, 7) is 7.06. The Morgan fingerprint density at radius 2 is 1.67 bits per heavy atom. The molecule has 0 aliphatic carbocycles. The summed E-state index contributed by atoms with van der Waals surface area (Å²) in [6.07, 6.45) is 1.25. The molecule has 0 radical (unpaired) electrons. The minimum absolute atomic E-state index is 0. The van der Waals surface area contributed by atoms with Crippen molar-refractivity contribution in [3.8, 4) is 5.75 Å². The number of carbonyl (C=O) groups excluding carboxylic acids is 1. The van der Waals surface area contributed by atoms with Crippen molar-refractivity contribution in [1.82, 2.24) is 9.88 Å². The van der Waals surface area contributed by atoms with Crippen molar-refractivity contribution in [3.63, 3.8) is 0 Å². The number of hydrogen-bond acceptors (Lipinski definition) is 6. The van der Waals surface area contributed by atoms with E-state index in [0.717, 1.165) is 77.1 Å². The first-order valence-electron chi connectivity index (χ1n) is 13.3. The number of nitrogens with zero attached hydrogens (tertiary/aromatic N) is 3. The zero-order valence-corrected chi connectivity index (χ0v) is 24.2. The van der Waals surface area contributed by atoms with Crippen LogP contribution in [0.3, 0.4) is 0 Å². The summed E-state index contributed by atoms with van der Waals surface area (Å²) in [5.41, 5.74) is 4.24. The molecule has 0 bridgehead atoms. The number of methoxy groups -OCH3 is 1. The topological polar surface area (TPSA) is 54.9 Å². The van der Waals surface area contributed by atoms with Crippen LogP contribution in [-0.4, -0.2) is 62.3 Å². The zero-order chi connectivity index (χ0) is 26.3. The summed E-state index contributed by atoms with van der Waals surface area (Å²) >= 11 is 1.57. The van der Waals surface area contributed by atoms with Crippen LogP contribution < -0.4 is 9.64 Å². The van der Waals surface area contributed by atoms with Crippen molar-refractivity contribution in [2.75, 3.05) is 51.4 Å². The van der Waals surface area contributed by atoms with Crippen molar-refractivity contribution < 1.29 is 14.3 Å². The maximum Gasteiger partial charge on any atom is 0.229 e. The Morgan fingerprint density at radius 3 is 2.28 bits per heavy atom. The van der Waals surface area contributed by atoms with Gasteiger partial charge in [-0.2, -0.15) is 0 Å². The van der Waals surface area contributed by atoms with E-state index in [1.165, 1.54) is 0 Å². The average molecular weight is 566 g/mol. The fourth-order valence-corrected chi connectivity index (χ4v) is 6.16. The fraction of sp³-hybridized carbons (Fsp3) is 0.355. The molecule has 2 heterocycles. The summed E-state index contributed by atoms with van der Waals surface area (Å²) in [5.74, 6) is 0.790.